The average Bonchev–Trinajstić information content (AvgIpc) is 2.92. The maximum Gasteiger partial charge on any atom is 0.270 e. The zero-order valence-corrected chi connectivity index (χ0v) is 13.5. The molecule has 1 aromatic rings. The molecule has 0 radical (unpaired) electrons. The first-order valence-electron chi connectivity index (χ1n) is 6.87. The number of allylic oxidation sites excluding steroid dienone is 2. The minimum atomic E-state index is -0.840. The normalized spacial score (nSPS) is 13.4. The zero-order valence-electron chi connectivity index (χ0n) is 12.7. The lowest BCUT2D eigenvalue weighted by Gasteiger charge is -2.05. The van der Waals surface area contributed by atoms with Crippen molar-refractivity contribution in [1.29, 1.82) is 0 Å². The Hall–Kier alpha value is -1.83. The molecule has 0 unspecified atom stereocenters. The number of carbonyl (C=O) groups is 2. The van der Waals surface area contributed by atoms with Crippen molar-refractivity contribution in [3.8, 4) is 0 Å². The van der Waals surface area contributed by atoms with Crippen LogP contribution in [-0.2, 0) is 11.2 Å². The number of ketones is 1. The minimum Gasteiger partial charge on any atom is -0.389 e. The van der Waals surface area contributed by atoms with E-state index in [0.717, 1.165) is 5.57 Å². The summed E-state index contributed by atoms with van der Waals surface area (Å²) in [6.45, 7) is 2.26. The lowest BCUT2D eigenvalue weighted by molar-refractivity contribution is -0.119. The monoisotopic (exact) mass is 323 g/mol. The number of rotatable bonds is 8. The first-order valence-corrected chi connectivity index (χ1v) is 7.75. The van der Waals surface area contributed by atoms with E-state index in [-0.39, 0.29) is 24.5 Å². The predicted molar refractivity (Wildman–Crippen MR) is 86.8 cm³/mol. The molecular weight excluding hydrogens is 302 g/mol. The molecule has 4 N–H and O–H groups in total. The Labute approximate surface area is 133 Å². The molecule has 0 spiro atoms. The second-order valence-electron chi connectivity index (χ2n) is 4.74. The summed E-state index contributed by atoms with van der Waals surface area (Å²) in [5.41, 5.74) is 6.50. The van der Waals surface area contributed by atoms with Crippen LogP contribution in [0, 0.1) is 0 Å². The Bertz CT molecular complexity index is 578. The highest BCUT2D eigenvalue weighted by atomic mass is 32.1. The summed E-state index contributed by atoms with van der Waals surface area (Å²) in [7, 11) is 1.52. The van der Waals surface area contributed by atoms with Gasteiger partial charge in [-0.15, -0.1) is 11.3 Å². The first-order chi connectivity index (χ1) is 10.5. The van der Waals surface area contributed by atoms with Gasteiger partial charge in [0.2, 0.25) is 0 Å². The third-order valence-electron chi connectivity index (χ3n) is 2.77. The summed E-state index contributed by atoms with van der Waals surface area (Å²) in [5.74, 6) is -0.405. The van der Waals surface area contributed by atoms with Crippen molar-refractivity contribution in [2.24, 2.45) is 5.73 Å². The van der Waals surface area contributed by atoms with E-state index in [1.165, 1.54) is 18.4 Å². The SMILES string of the molecule is CNC(=O)c1csc(CC(=O)C[C@H](O)/C=C(C)/C=C/CN)n1. The van der Waals surface area contributed by atoms with Crippen LogP contribution in [0.3, 0.4) is 0 Å². The van der Waals surface area contributed by atoms with Crippen LogP contribution in [0.1, 0.15) is 28.8 Å². The average molecular weight is 323 g/mol. The van der Waals surface area contributed by atoms with Gasteiger partial charge in [0.15, 0.2) is 0 Å². The number of thiazole rings is 1. The number of hydrogen-bond donors (Lipinski definition) is 3. The molecule has 120 valence electrons. The number of amides is 1. The summed E-state index contributed by atoms with van der Waals surface area (Å²) in [5, 5.41) is 14.5. The van der Waals surface area contributed by atoms with E-state index >= 15 is 0 Å². The van der Waals surface area contributed by atoms with Crippen molar-refractivity contribution in [2.75, 3.05) is 13.6 Å². The van der Waals surface area contributed by atoms with Crippen LogP contribution < -0.4 is 11.1 Å². The second-order valence-corrected chi connectivity index (χ2v) is 5.68. The van der Waals surface area contributed by atoms with Crippen LogP contribution >= 0.6 is 11.3 Å². The second kappa shape index (κ2) is 9.24. The van der Waals surface area contributed by atoms with E-state index in [4.69, 9.17) is 5.73 Å². The number of nitrogens with zero attached hydrogens (tertiary/aromatic N) is 1. The summed E-state index contributed by atoms with van der Waals surface area (Å²) in [6, 6.07) is 0. The standard InChI is InChI=1S/C15H21N3O3S/c1-10(4-3-5-16)6-11(19)7-12(20)8-14-18-13(9-22-14)15(21)17-2/h3-4,6,9,11,19H,5,7-8,16H2,1-2H3,(H,17,21)/b4-3+,10-6+/t11-/m1/s1. The minimum absolute atomic E-state index is 0.0166. The van der Waals surface area contributed by atoms with Crippen LogP contribution in [0.4, 0.5) is 0 Å². The van der Waals surface area contributed by atoms with Crippen molar-refractivity contribution in [3.05, 3.63) is 39.9 Å². The topological polar surface area (TPSA) is 105 Å². The first kappa shape index (κ1) is 18.2. The van der Waals surface area contributed by atoms with Gasteiger partial charge in [0.05, 0.1) is 12.5 Å². The van der Waals surface area contributed by atoms with Gasteiger partial charge in [0, 0.05) is 25.4 Å². The largest absolute Gasteiger partial charge is 0.389 e. The summed E-state index contributed by atoms with van der Waals surface area (Å²) < 4.78 is 0. The van der Waals surface area contributed by atoms with Gasteiger partial charge in [0.25, 0.3) is 5.91 Å². The molecule has 1 aromatic heterocycles. The smallest absolute Gasteiger partial charge is 0.270 e. The maximum atomic E-state index is 11.9. The molecule has 1 atom stereocenters. The highest BCUT2D eigenvalue weighted by Gasteiger charge is 2.14. The maximum absolute atomic E-state index is 11.9. The molecule has 1 amide bonds. The fraction of sp³-hybridized carbons (Fsp3) is 0.400. The fourth-order valence-electron chi connectivity index (χ4n) is 1.77. The lowest BCUT2D eigenvalue weighted by atomic mass is 10.1. The van der Waals surface area contributed by atoms with E-state index in [1.807, 2.05) is 6.92 Å². The quantitative estimate of drug-likeness (QED) is 0.614. The lowest BCUT2D eigenvalue weighted by Crippen LogP contribution is -2.18. The molecule has 0 saturated carbocycles. The Kier molecular flexibility index (Phi) is 7.65. The molecule has 6 nitrogen and oxygen atoms in total. The number of nitrogens with one attached hydrogen (secondary N) is 1. The number of aromatic nitrogens is 1. The van der Waals surface area contributed by atoms with E-state index in [0.29, 0.717) is 17.2 Å². The molecule has 7 heteroatoms. The zero-order chi connectivity index (χ0) is 16.5. The fourth-order valence-corrected chi connectivity index (χ4v) is 2.57. The van der Waals surface area contributed by atoms with E-state index in [9.17, 15) is 14.7 Å². The third kappa shape index (κ3) is 6.30. The molecule has 0 aliphatic heterocycles. The third-order valence-corrected chi connectivity index (χ3v) is 3.62. The van der Waals surface area contributed by atoms with Crippen molar-refractivity contribution in [3.63, 3.8) is 0 Å². The van der Waals surface area contributed by atoms with E-state index < -0.39 is 6.10 Å². The Morgan fingerprint density at radius 2 is 2.27 bits per heavy atom. The molecule has 0 bridgehead atoms. The van der Waals surface area contributed by atoms with E-state index in [2.05, 4.69) is 10.3 Å². The molecule has 0 fully saturated rings. The van der Waals surface area contributed by atoms with Crippen molar-refractivity contribution < 1.29 is 14.7 Å². The number of hydrogen-bond acceptors (Lipinski definition) is 6. The molecule has 0 saturated heterocycles. The highest BCUT2D eigenvalue weighted by Crippen LogP contribution is 2.12. The van der Waals surface area contributed by atoms with Gasteiger partial charge in [-0.05, 0) is 6.92 Å². The predicted octanol–water partition coefficient (Wildman–Crippen LogP) is 0.827. The van der Waals surface area contributed by atoms with Gasteiger partial charge >= 0.3 is 0 Å². The van der Waals surface area contributed by atoms with Gasteiger partial charge in [-0.2, -0.15) is 0 Å². The molecular formula is C15H21N3O3S. The summed E-state index contributed by atoms with van der Waals surface area (Å²) in [6.07, 6.45) is 4.48. The number of Topliss-reactive ketones (excluding diaryl/α,β-unsaturated/α-hetero) is 1. The number of aliphatic hydroxyl groups is 1. The van der Waals surface area contributed by atoms with Crippen LogP contribution in [-0.4, -0.2) is 41.5 Å². The summed E-state index contributed by atoms with van der Waals surface area (Å²) >= 11 is 1.26. The number of carbonyl (C=O) groups excluding carboxylic acids is 2. The molecule has 0 aliphatic carbocycles. The number of nitrogens with two attached hydrogens (primary N) is 1. The molecule has 22 heavy (non-hydrogen) atoms. The van der Waals surface area contributed by atoms with Crippen LogP contribution in [0.2, 0.25) is 0 Å². The van der Waals surface area contributed by atoms with Gasteiger partial charge in [-0.1, -0.05) is 23.8 Å². The Balaban J connectivity index is 2.54. The van der Waals surface area contributed by atoms with Crippen LogP contribution in [0.25, 0.3) is 0 Å². The van der Waals surface area contributed by atoms with E-state index in [1.54, 1.807) is 23.6 Å². The van der Waals surface area contributed by atoms with Gasteiger partial charge in [0.1, 0.15) is 16.5 Å². The Morgan fingerprint density at radius 3 is 2.91 bits per heavy atom. The summed E-state index contributed by atoms with van der Waals surface area (Å²) in [4.78, 5) is 27.4. The molecule has 1 heterocycles. The van der Waals surface area contributed by atoms with Crippen LogP contribution in [0.5, 0.6) is 0 Å². The highest BCUT2D eigenvalue weighted by molar-refractivity contribution is 7.09. The van der Waals surface area contributed by atoms with Gasteiger partial charge in [-0.3, -0.25) is 9.59 Å². The van der Waals surface area contributed by atoms with Gasteiger partial charge in [-0.25, -0.2) is 4.98 Å². The van der Waals surface area contributed by atoms with Gasteiger partial charge < -0.3 is 16.2 Å². The molecule has 0 aromatic carbocycles. The van der Waals surface area contributed by atoms with Crippen molar-refractivity contribution >= 4 is 23.0 Å². The van der Waals surface area contributed by atoms with Crippen molar-refractivity contribution in [2.45, 2.75) is 25.9 Å². The molecule has 1 rings (SSSR count). The van der Waals surface area contributed by atoms with Crippen molar-refractivity contribution in [1.82, 2.24) is 10.3 Å². The molecule has 0 aliphatic rings. The number of aliphatic hydroxyl groups excluding tert-OH is 1. The van der Waals surface area contributed by atoms with Crippen LogP contribution in [0.15, 0.2) is 29.2 Å². The Morgan fingerprint density at radius 1 is 1.55 bits per heavy atom.